The molecule has 0 nitrogen and oxygen atoms in total. The molecule has 82 heavy (non-hydrogen) atoms. The number of unbranched alkanes of at least 4 members (excludes halogenated alkanes) is 7. The first-order valence-corrected chi connectivity index (χ1v) is 31.5. The molecule has 21 heteroatoms. The Morgan fingerprint density at radius 2 is 0.402 bits per heavy atom. The SMILES string of the molecule is CCCCCCC[C@H]1CC[C@H](C2CCC(C(F)(F)C(F)(F)C(F)(F)F)CC2)CC1.CCCCC[C@H]1CC[C@H](C2CCC(C(F)(F)C(F)(F)C(F)(F)F)CC2)CC1.CCCC[C@H]1CC[C@H](C2CCC(C(F)(F)C(F)(F)C(F)(F)F)CC2)CC1. The largest absolute Gasteiger partial charge is 0.459 e. The minimum Gasteiger partial charge on any atom is -0.199 e. The number of halogens is 21. The topological polar surface area (TPSA) is 0 Å². The van der Waals surface area contributed by atoms with Gasteiger partial charge in [-0.1, -0.05) is 143 Å². The Balaban J connectivity index is 0.000000265. The van der Waals surface area contributed by atoms with E-state index in [0.29, 0.717) is 56.3 Å². The Morgan fingerprint density at radius 3 is 0.622 bits per heavy atom. The lowest BCUT2D eigenvalue weighted by Gasteiger charge is -2.41. The summed E-state index contributed by atoms with van der Waals surface area (Å²) in [6.45, 7) is 6.52. The van der Waals surface area contributed by atoms with Crippen LogP contribution in [0, 0.1) is 71.0 Å². The molecule has 6 aliphatic carbocycles. The van der Waals surface area contributed by atoms with Gasteiger partial charge in [0.1, 0.15) is 0 Å². The molecule has 6 fully saturated rings. The van der Waals surface area contributed by atoms with Crippen LogP contribution in [0.1, 0.15) is 258 Å². The zero-order valence-corrected chi connectivity index (χ0v) is 48.5. The van der Waals surface area contributed by atoms with Gasteiger partial charge in [-0.15, -0.1) is 0 Å². The number of alkyl halides is 21. The van der Waals surface area contributed by atoms with Crippen molar-refractivity contribution in [2.75, 3.05) is 0 Å². The van der Waals surface area contributed by atoms with Gasteiger partial charge in [-0.25, -0.2) is 0 Å². The first kappa shape index (κ1) is 73.0. The Labute approximate surface area is 474 Å². The predicted molar refractivity (Wildman–Crippen MR) is 278 cm³/mol. The third-order valence-electron chi connectivity index (χ3n) is 20.7. The second-order valence-electron chi connectivity index (χ2n) is 26.1. The van der Waals surface area contributed by atoms with Crippen molar-refractivity contribution in [3.05, 3.63) is 0 Å². The highest BCUT2D eigenvalue weighted by Gasteiger charge is 2.77. The minimum absolute atomic E-state index is 0.187. The molecule has 0 unspecified atom stereocenters. The summed E-state index contributed by atoms with van der Waals surface area (Å²) in [7, 11) is 0. The van der Waals surface area contributed by atoms with Gasteiger partial charge in [-0.05, 0) is 169 Å². The van der Waals surface area contributed by atoms with Gasteiger partial charge in [0.2, 0.25) is 0 Å². The summed E-state index contributed by atoms with van der Waals surface area (Å²) < 4.78 is 274. The summed E-state index contributed by atoms with van der Waals surface area (Å²) in [6, 6.07) is 0. The zero-order chi connectivity index (χ0) is 61.6. The smallest absolute Gasteiger partial charge is 0.199 e. The van der Waals surface area contributed by atoms with E-state index in [-0.39, 0.29) is 56.3 Å². The molecule has 0 aliphatic heterocycles. The van der Waals surface area contributed by atoms with Gasteiger partial charge < -0.3 is 0 Å². The zero-order valence-electron chi connectivity index (χ0n) is 48.5. The summed E-state index contributed by atoms with van der Waals surface area (Å²) in [6.07, 6.45) is 10.8. The van der Waals surface area contributed by atoms with E-state index in [9.17, 15) is 92.2 Å². The van der Waals surface area contributed by atoms with Crippen molar-refractivity contribution in [1.29, 1.82) is 0 Å². The van der Waals surface area contributed by atoms with Gasteiger partial charge in [0.05, 0.1) is 0 Å². The normalized spacial score (nSPS) is 30.9. The Kier molecular flexibility index (Phi) is 27.7. The molecule has 0 spiro atoms. The molecule has 6 rings (SSSR count). The molecule has 0 radical (unpaired) electrons. The lowest BCUT2D eigenvalue weighted by molar-refractivity contribution is -0.368. The van der Waals surface area contributed by atoms with Gasteiger partial charge in [0.25, 0.3) is 0 Å². The van der Waals surface area contributed by atoms with Crippen LogP contribution in [0.5, 0.6) is 0 Å². The number of hydrogen-bond donors (Lipinski definition) is 0. The number of rotatable bonds is 22. The van der Waals surface area contributed by atoms with Crippen LogP contribution in [-0.2, 0) is 0 Å². The van der Waals surface area contributed by atoms with Crippen molar-refractivity contribution in [3.63, 3.8) is 0 Å². The van der Waals surface area contributed by atoms with Crippen LogP contribution in [-0.4, -0.2) is 54.1 Å². The van der Waals surface area contributed by atoms with Gasteiger partial charge in [0, 0.05) is 17.8 Å². The molecule has 0 heterocycles. The average Bonchev–Trinajstić information content (AvgIpc) is 3.54. The van der Waals surface area contributed by atoms with E-state index in [4.69, 9.17) is 0 Å². The predicted octanol–water partition coefficient (Wildman–Crippen LogP) is 24.4. The first-order chi connectivity index (χ1) is 38.0. The van der Waals surface area contributed by atoms with Crippen molar-refractivity contribution in [2.45, 2.75) is 312 Å². The van der Waals surface area contributed by atoms with Crippen LogP contribution >= 0.6 is 0 Å². The average molecular weight is 1230 g/mol. The monoisotopic (exact) mass is 1230 g/mol. The van der Waals surface area contributed by atoms with E-state index < -0.39 is 71.8 Å². The molecule has 0 saturated heterocycles. The van der Waals surface area contributed by atoms with Crippen LogP contribution in [0.3, 0.4) is 0 Å². The third-order valence-corrected chi connectivity index (χ3v) is 20.7. The second-order valence-corrected chi connectivity index (χ2v) is 26.1. The van der Waals surface area contributed by atoms with E-state index in [1.165, 1.54) is 83.5 Å². The molecule has 0 aromatic heterocycles. The summed E-state index contributed by atoms with van der Waals surface area (Å²) in [5.74, 6) is -34.7. The first-order valence-electron chi connectivity index (χ1n) is 31.5. The molecular formula is C61H95F21. The lowest BCUT2D eigenvalue weighted by atomic mass is 9.67. The maximum Gasteiger partial charge on any atom is 0.459 e. The van der Waals surface area contributed by atoms with Crippen LogP contribution in [0.2, 0.25) is 0 Å². The molecule has 0 N–H and O–H groups in total. The highest BCUT2D eigenvalue weighted by molar-refractivity contribution is 5.00. The third kappa shape index (κ3) is 18.8. The molecule has 486 valence electrons. The van der Waals surface area contributed by atoms with E-state index in [1.807, 2.05) is 0 Å². The molecular weight excluding hydrogens is 1130 g/mol. The highest BCUT2D eigenvalue weighted by Crippen LogP contribution is 2.58. The molecule has 0 amide bonds. The standard InChI is InChI=1S/C22H35F7.C20H31F7.C19H29F7/c1-2-3-4-5-6-7-16-8-10-17(11-9-16)18-12-14-19(15-13-18)20(23,24)21(25,26)22(27,28)29;1-2-3-4-5-14-6-8-15(9-7-14)16-10-12-17(13-11-16)18(21,22)19(23,24)20(25,26)27;1-2-3-4-13-5-7-14(8-6-13)15-9-11-16(12-10-15)17(20,21)18(22,23)19(24,25)26/h16-19H,2-15H2,1H3;14-17H,2-13H2,1H3;13-16H,2-12H2,1H3/t16-,17-,18?,19?;14-,15-,16?,17?;13-,14-,15?,16?. The molecule has 6 saturated carbocycles. The number of hydrogen-bond acceptors (Lipinski definition) is 0. The fourth-order valence-electron chi connectivity index (χ4n) is 15.3. The minimum atomic E-state index is -6.22. The van der Waals surface area contributed by atoms with E-state index in [1.54, 1.807) is 0 Å². The summed E-state index contributed by atoms with van der Waals surface area (Å²) >= 11 is 0. The molecule has 0 aromatic carbocycles. The summed E-state index contributed by atoms with van der Waals surface area (Å²) in [4.78, 5) is 0. The van der Waals surface area contributed by atoms with E-state index in [2.05, 4.69) is 20.8 Å². The van der Waals surface area contributed by atoms with Crippen LogP contribution in [0.4, 0.5) is 92.2 Å². The van der Waals surface area contributed by atoms with E-state index >= 15 is 0 Å². The maximum absolute atomic E-state index is 13.9. The summed E-state index contributed by atoms with van der Waals surface area (Å²) in [5, 5.41) is 0. The van der Waals surface area contributed by atoms with Gasteiger partial charge in [-0.3, -0.25) is 0 Å². The van der Waals surface area contributed by atoms with Gasteiger partial charge >= 0.3 is 54.1 Å². The van der Waals surface area contributed by atoms with Gasteiger partial charge in [-0.2, -0.15) is 92.2 Å². The van der Waals surface area contributed by atoms with Crippen molar-refractivity contribution >= 4 is 0 Å². The molecule has 6 aliphatic rings. The fourth-order valence-corrected chi connectivity index (χ4v) is 15.3. The van der Waals surface area contributed by atoms with Crippen molar-refractivity contribution in [3.8, 4) is 0 Å². The Bertz CT molecular complexity index is 1740. The quantitative estimate of drug-likeness (QED) is 0.0749. The van der Waals surface area contributed by atoms with Crippen molar-refractivity contribution < 1.29 is 92.2 Å². The molecule has 0 atom stereocenters. The Hall–Kier alpha value is -1.47. The van der Waals surface area contributed by atoms with Crippen LogP contribution in [0.25, 0.3) is 0 Å². The Morgan fingerprint density at radius 1 is 0.220 bits per heavy atom. The van der Waals surface area contributed by atoms with Gasteiger partial charge in [0.15, 0.2) is 0 Å². The van der Waals surface area contributed by atoms with Crippen molar-refractivity contribution in [1.82, 2.24) is 0 Å². The molecule has 0 aromatic rings. The maximum atomic E-state index is 13.9. The van der Waals surface area contributed by atoms with E-state index in [0.717, 1.165) is 94.8 Å². The van der Waals surface area contributed by atoms with Crippen LogP contribution < -0.4 is 0 Å². The fraction of sp³-hybridized carbons (Fsp3) is 1.00. The highest BCUT2D eigenvalue weighted by atomic mass is 19.4. The lowest BCUT2D eigenvalue weighted by Crippen LogP contribution is -2.56. The van der Waals surface area contributed by atoms with Crippen LogP contribution in [0.15, 0.2) is 0 Å². The second kappa shape index (κ2) is 31.1. The molecule has 0 bridgehead atoms. The summed E-state index contributed by atoms with van der Waals surface area (Å²) in [5.41, 5.74) is 0. The van der Waals surface area contributed by atoms with Crippen molar-refractivity contribution in [2.24, 2.45) is 71.0 Å².